The molecule has 0 saturated carbocycles. The summed E-state index contributed by atoms with van der Waals surface area (Å²) >= 11 is 0. The Bertz CT molecular complexity index is 651. The van der Waals surface area contributed by atoms with Gasteiger partial charge in [-0.25, -0.2) is 4.98 Å². The van der Waals surface area contributed by atoms with Gasteiger partial charge in [-0.05, 0) is 32.4 Å². The van der Waals surface area contributed by atoms with Gasteiger partial charge in [0.2, 0.25) is 0 Å². The van der Waals surface area contributed by atoms with Crippen LogP contribution in [0, 0.1) is 0 Å². The predicted octanol–water partition coefficient (Wildman–Crippen LogP) is 1.75. The van der Waals surface area contributed by atoms with Crippen LogP contribution in [0.2, 0.25) is 0 Å². The number of carbonyl (C=O) groups excluding carboxylic acids is 1. The van der Waals surface area contributed by atoms with Crippen LogP contribution in [-0.4, -0.2) is 51.6 Å². The summed E-state index contributed by atoms with van der Waals surface area (Å²) in [6.07, 6.45) is 2.48. The van der Waals surface area contributed by atoms with Crippen LogP contribution in [0.3, 0.4) is 0 Å². The fourth-order valence-corrected chi connectivity index (χ4v) is 2.50. The average molecular weight is 305 g/mol. The molecule has 6 heteroatoms. The zero-order chi connectivity index (χ0) is 16.1. The van der Waals surface area contributed by atoms with E-state index >= 15 is 0 Å². The number of fused-ring (bicyclic) bond motifs is 1. The lowest BCUT2D eigenvalue weighted by Crippen LogP contribution is -2.34. The van der Waals surface area contributed by atoms with Gasteiger partial charge in [0.15, 0.2) is 11.4 Å². The van der Waals surface area contributed by atoms with Crippen LogP contribution in [0.4, 0.5) is 0 Å². The first kappa shape index (κ1) is 16.3. The number of pyridine rings is 1. The lowest BCUT2D eigenvalue weighted by molar-refractivity contribution is 0.0724. The molecule has 2 heterocycles. The quantitative estimate of drug-likeness (QED) is 0.846. The van der Waals surface area contributed by atoms with Crippen molar-refractivity contribution in [2.75, 3.05) is 26.3 Å². The van der Waals surface area contributed by atoms with E-state index in [1.807, 2.05) is 39.1 Å². The highest BCUT2D eigenvalue weighted by Crippen LogP contribution is 2.23. The summed E-state index contributed by atoms with van der Waals surface area (Å²) in [5.41, 5.74) is 1.95. The first-order valence-corrected chi connectivity index (χ1v) is 7.70. The topological polar surface area (TPSA) is 67.1 Å². The predicted molar refractivity (Wildman–Crippen MR) is 84.4 cm³/mol. The fraction of sp³-hybridized carbons (Fsp3) is 0.500. The second-order valence-corrected chi connectivity index (χ2v) is 4.87. The van der Waals surface area contributed by atoms with Gasteiger partial charge in [0.25, 0.3) is 5.91 Å². The van der Waals surface area contributed by atoms with Crippen molar-refractivity contribution >= 4 is 11.6 Å². The van der Waals surface area contributed by atoms with Crippen LogP contribution < -0.4 is 4.74 Å². The Morgan fingerprint density at radius 2 is 2.18 bits per heavy atom. The molecule has 2 aromatic heterocycles. The summed E-state index contributed by atoms with van der Waals surface area (Å²) in [4.78, 5) is 19.0. The number of aryl methyl sites for hydroxylation is 1. The minimum atomic E-state index is -0.116. The number of aliphatic hydroxyl groups is 1. The molecule has 0 aromatic carbocycles. The van der Waals surface area contributed by atoms with Crippen LogP contribution >= 0.6 is 0 Å². The fourth-order valence-electron chi connectivity index (χ4n) is 2.50. The Labute approximate surface area is 130 Å². The molecular weight excluding hydrogens is 282 g/mol. The van der Waals surface area contributed by atoms with Crippen LogP contribution in [0.15, 0.2) is 18.3 Å². The third-order valence-electron chi connectivity index (χ3n) is 3.56. The number of rotatable bonds is 7. The average Bonchev–Trinajstić information content (AvgIpc) is 2.91. The number of imidazole rings is 1. The van der Waals surface area contributed by atoms with E-state index in [1.54, 1.807) is 9.30 Å². The summed E-state index contributed by atoms with van der Waals surface area (Å²) in [6, 6.07) is 3.70. The number of likely N-dealkylation sites (N-methyl/N-ethyl adjacent to an activating group) is 1. The van der Waals surface area contributed by atoms with Gasteiger partial charge in [-0.1, -0.05) is 6.92 Å². The highest BCUT2D eigenvalue weighted by atomic mass is 16.5. The standard InChI is InChI=1S/C16H23N3O3/c1-4-12-14(16(21)18(5-2)10-11-20)19-9-7-8-13(22-6-3)15(19)17-12/h7-9,20H,4-6,10-11H2,1-3H3. The number of ether oxygens (including phenoxy) is 1. The highest BCUT2D eigenvalue weighted by Gasteiger charge is 2.23. The van der Waals surface area contributed by atoms with E-state index in [0.717, 1.165) is 5.69 Å². The molecular formula is C16H23N3O3. The van der Waals surface area contributed by atoms with Crippen LogP contribution in [0.5, 0.6) is 5.75 Å². The van der Waals surface area contributed by atoms with E-state index in [-0.39, 0.29) is 12.5 Å². The molecule has 0 aliphatic rings. The zero-order valence-electron chi connectivity index (χ0n) is 13.4. The van der Waals surface area contributed by atoms with Crippen molar-refractivity contribution in [3.63, 3.8) is 0 Å². The summed E-state index contributed by atoms with van der Waals surface area (Å²) in [5, 5.41) is 9.13. The van der Waals surface area contributed by atoms with Crippen molar-refractivity contribution in [1.29, 1.82) is 0 Å². The monoisotopic (exact) mass is 305 g/mol. The molecule has 1 N–H and O–H groups in total. The number of hydrogen-bond acceptors (Lipinski definition) is 4. The zero-order valence-corrected chi connectivity index (χ0v) is 13.4. The molecule has 1 amide bonds. The van der Waals surface area contributed by atoms with E-state index in [2.05, 4.69) is 4.98 Å². The first-order chi connectivity index (χ1) is 10.7. The normalized spacial score (nSPS) is 10.9. The molecule has 120 valence electrons. The van der Waals surface area contributed by atoms with Crippen molar-refractivity contribution < 1.29 is 14.6 Å². The molecule has 0 fully saturated rings. The van der Waals surface area contributed by atoms with Gasteiger partial charge in [0.1, 0.15) is 5.69 Å². The lowest BCUT2D eigenvalue weighted by Gasteiger charge is -2.20. The molecule has 2 aromatic rings. The molecule has 0 radical (unpaired) electrons. The number of carbonyl (C=O) groups is 1. The van der Waals surface area contributed by atoms with E-state index < -0.39 is 0 Å². The van der Waals surface area contributed by atoms with Crippen molar-refractivity contribution in [3.05, 3.63) is 29.7 Å². The summed E-state index contributed by atoms with van der Waals surface area (Å²) in [6.45, 7) is 7.14. The van der Waals surface area contributed by atoms with Gasteiger partial charge in [0.05, 0.1) is 18.9 Å². The minimum Gasteiger partial charge on any atom is -0.490 e. The molecule has 22 heavy (non-hydrogen) atoms. The van der Waals surface area contributed by atoms with Gasteiger partial charge in [-0.15, -0.1) is 0 Å². The van der Waals surface area contributed by atoms with E-state index in [0.29, 0.717) is 43.2 Å². The molecule has 0 aliphatic heterocycles. The largest absolute Gasteiger partial charge is 0.490 e. The molecule has 0 saturated heterocycles. The number of aromatic nitrogens is 2. The molecule has 0 bridgehead atoms. The third kappa shape index (κ3) is 2.92. The highest BCUT2D eigenvalue weighted by molar-refractivity contribution is 5.95. The maximum absolute atomic E-state index is 12.8. The smallest absolute Gasteiger partial charge is 0.272 e. The Morgan fingerprint density at radius 3 is 2.77 bits per heavy atom. The van der Waals surface area contributed by atoms with Crippen molar-refractivity contribution in [3.8, 4) is 5.75 Å². The summed E-state index contributed by atoms with van der Waals surface area (Å²) in [7, 11) is 0. The van der Waals surface area contributed by atoms with Crippen LogP contribution in [0.25, 0.3) is 5.65 Å². The molecule has 6 nitrogen and oxygen atoms in total. The SMILES string of the molecule is CCOc1cccn2c(C(=O)N(CC)CCO)c(CC)nc12. The number of hydrogen-bond donors (Lipinski definition) is 1. The van der Waals surface area contributed by atoms with Gasteiger partial charge < -0.3 is 14.7 Å². The number of aliphatic hydroxyl groups excluding tert-OH is 1. The first-order valence-electron chi connectivity index (χ1n) is 7.70. The van der Waals surface area contributed by atoms with E-state index in [4.69, 9.17) is 9.84 Å². The van der Waals surface area contributed by atoms with Crippen molar-refractivity contribution in [2.24, 2.45) is 0 Å². The molecule has 0 spiro atoms. The van der Waals surface area contributed by atoms with Crippen LogP contribution in [0.1, 0.15) is 37.0 Å². The second-order valence-electron chi connectivity index (χ2n) is 4.87. The van der Waals surface area contributed by atoms with Gasteiger partial charge >= 0.3 is 0 Å². The van der Waals surface area contributed by atoms with E-state index in [1.165, 1.54) is 0 Å². The Hall–Kier alpha value is -2.08. The maximum atomic E-state index is 12.8. The number of nitrogens with zero attached hydrogens (tertiary/aromatic N) is 3. The van der Waals surface area contributed by atoms with Crippen molar-refractivity contribution in [2.45, 2.75) is 27.2 Å². The molecule has 2 rings (SSSR count). The Morgan fingerprint density at radius 1 is 1.41 bits per heavy atom. The molecule has 0 unspecified atom stereocenters. The second kappa shape index (κ2) is 7.26. The maximum Gasteiger partial charge on any atom is 0.272 e. The lowest BCUT2D eigenvalue weighted by atomic mass is 10.2. The van der Waals surface area contributed by atoms with Gasteiger partial charge in [-0.2, -0.15) is 0 Å². The van der Waals surface area contributed by atoms with Crippen LogP contribution in [-0.2, 0) is 6.42 Å². The minimum absolute atomic E-state index is 0.0536. The Balaban J connectivity index is 2.56. The van der Waals surface area contributed by atoms with E-state index in [9.17, 15) is 4.79 Å². The molecule has 0 atom stereocenters. The summed E-state index contributed by atoms with van der Waals surface area (Å²) in [5.74, 6) is 0.554. The van der Waals surface area contributed by atoms with Crippen molar-refractivity contribution in [1.82, 2.24) is 14.3 Å². The summed E-state index contributed by atoms with van der Waals surface area (Å²) < 4.78 is 7.38. The Kier molecular flexibility index (Phi) is 5.38. The number of amides is 1. The molecule has 0 aliphatic carbocycles. The van der Waals surface area contributed by atoms with Gasteiger partial charge in [-0.3, -0.25) is 9.20 Å². The van der Waals surface area contributed by atoms with Gasteiger partial charge in [0, 0.05) is 19.3 Å². The third-order valence-corrected chi connectivity index (χ3v) is 3.56.